The van der Waals surface area contributed by atoms with Crippen LogP contribution in [0.3, 0.4) is 0 Å². The molecule has 0 aromatic carbocycles. The minimum Gasteiger partial charge on any atom is -0.379 e. The SMILES string of the molecule is O=C1[C@H](N2CCOCC2)CCN1CC(F)(F)F. The number of hydrogen-bond donors (Lipinski definition) is 0. The summed E-state index contributed by atoms with van der Waals surface area (Å²) >= 11 is 0. The summed E-state index contributed by atoms with van der Waals surface area (Å²) in [6.07, 6.45) is -3.83. The van der Waals surface area contributed by atoms with Gasteiger partial charge in [-0.1, -0.05) is 0 Å². The van der Waals surface area contributed by atoms with E-state index >= 15 is 0 Å². The molecule has 1 atom stereocenters. The maximum absolute atomic E-state index is 12.2. The minimum absolute atomic E-state index is 0.195. The fourth-order valence-corrected chi connectivity index (χ4v) is 2.32. The van der Waals surface area contributed by atoms with Crippen molar-refractivity contribution in [3.05, 3.63) is 0 Å². The number of amides is 1. The third-order valence-corrected chi connectivity index (χ3v) is 3.13. The smallest absolute Gasteiger partial charge is 0.379 e. The Kier molecular flexibility index (Phi) is 3.58. The fraction of sp³-hybridized carbons (Fsp3) is 0.900. The van der Waals surface area contributed by atoms with Crippen molar-refractivity contribution in [3.63, 3.8) is 0 Å². The van der Waals surface area contributed by atoms with Gasteiger partial charge in [-0.25, -0.2) is 0 Å². The van der Waals surface area contributed by atoms with Crippen molar-refractivity contribution < 1.29 is 22.7 Å². The first-order valence-electron chi connectivity index (χ1n) is 5.65. The molecule has 0 bridgehead atoms. The van der Waals surface area contributed by atoms with E-state index in [2.05, 4.69) is 0 Å². The van der Waals surface area contributed by atoms with Gasteiger partial charge < -0.3 is 9.64 Å². The van der Waals surface area contributed by atoms with Crippen LogP contribution in [0.5, 0.6) is 0 Å². The molecule has 2 rings (SSSR count). The number of ether oxygens (including phenoxy) is 1. The van der Waals surface area contributed by atoms with Crippen LogP contribution in [-0.2, 0) is 9.53 Å². The second-order valence-electron chi connectivity index (χ2n) is 4.33. The van der Waals surface area contributed by atoms with E-state index in [0.29, 0.717) is 32.7 Å². The zero-order valence-electron chi connectivity index (χ0n) is 9.37. The molecule has 17 heavy (non-hydrogen) atoms. The van der Waals surface area contributed by atoms with E-state index in [4.69, 9.17) is 4.74 Å². The highest BCUT2D eigenvalue weighted by Gasteiger charge is 2.41. The Balaban J connectivity index is 1.92. The van der Waals surface area contributed by atoms with Crippen molar-refractivity contribution in [3.8, 4) is 0 Å². The highest BCUT2D eigenvalue weighted by Crippen LogP contribution is 2.23. The molecular formula is C10H15F3N2O2. The number of carbonyl (C=O) groups is 1. The Hall–Kier alpha value is -0.820. The maximum atomic E-state index is 12.2. The number of alkyl halides is 3. The van der Waals surface area contributed by atoms with Crippen molar-refractivity contribution in [1.82, 2.24) is 9.80 Å². The van der Waals surface area contributed by atoms with Crippen molar-refractivity contribution in [2.24, 2.45) is 0 Å². The quantitative estimate of drug-likeness (QED) is 0.716. The highest BCUT2D eigenvalue weighted by atomic mass is 19.4. The Morgan fingerprint density at radius 3 is 2.47 bits per heavy atom. The van der Waals surface area contributed by atoms with Gasteiger partial charge in [0.1, 0.15) is 6.54 Å². The van der Waals surface area contributed by atoms with E-state index in [1.807, 2.05) is 4.90 Å². The molecule has 0 unspecified atom stereocenters. The summed E-state index contributed by atoms with van der Waals surface area (Å²) in [4.78, 5) is 14.6. The Morgan fingerprint density at radius 1 is 1.24 bits per heavy atom. The van der Waals surface area contributed by atoms with Crippen LogP contribution < -0.4 is 0 Å². The number of morpholine rings is 1. The van der Waals surface area contributed by atoms with Crippen LogP contribution in [0.1, 0.15) is 6.42 Å². The molecule has 0 aromatic rings. The average molecular weight is 252 g/mol. The lowest BCUT2D eigenvalue weighted by molar-refractivity contribution is -0.159. The van der Waals surface area contributed by atoms with Crippen LogP contribution in [0, 0.1) is 0 Å². The lowest BCUT2D eigenvalue weighted by Crippen LogP contribution is -2.48. The largest absolute Gasteiger partial charge is 0.406 e. The Bertz CT molecular complexity index is 290. The molecule has 7 heteroatoms. The van der Waals surface area contributed by atoms with Gasteiger partial charge in [0.25, 0.3) is 0 Å². The molecule has 0 aromatic heterocycles. The number of halogens is 3. The van der Waals surface area contributed by atoms with E-state index in [-0.39, 0.29) is 12.6 Å². The van der Waals surface area contributed by atoms with Gasteiger partial charge in [0.05, 0.1) is 19.3 Å². The van der Waals surface area contributed by atoms with Crippen molar-refractivity contribution in [2.45, 2.75) is 18.6 Å². The van der Waals surface area contributed by atoms with Crippen molar-refractivity contribution >= 4 is 5.91 Å². The number of carbonyl (C=O) groups excluding carboxylic acids is 1. The topological polar surface area (TPSA) is 32.8 Å². The molecule has 4 nitrogen and oxygen atoms in total. The third-order valence-electron chi connectivity index (χ3n) is 3.13. The molecule has 2 aliphatic heterocycles. The number of nitrogens with zero attached hydrogens (tertiary/aromatic N) is 2. The van der Waals surface area contributed by atoms with Gasteiger partial charge in [-0.2, -0.15) is 13.2 Å². The molecule has 0 N–H and O–H groups in total. The van der Waals surface area contributed by atoms with Crippen LogP contribution >= 0.6 is 0 Å². The zero-order valence-corrected chi connectivity index (χ0v) is 9.37. The predicted octanol–water partition coefficient (Wildman–Crippen LogP) is 0.482. The molecule has 2 aliphatic rings. The minimum atomic E-state index is -4.31. The maximum Gasteiger partial charge on any atom is 0.406 e. The summed E-state index contributed by atoms with van der Waals surface area (Å²) < 4.78 is 41.8. The van der Waals surface area contributed by atoms with Gasteiger partial charge in [0, 0.05) is 19.6 Å². The molecule has 0 radical (unpaired) electrons. The summed E-state index contributed by atoms with van der Waals surface area (Å²) in [7, 11) is 0. The van der Waals surface area contributed by atoms with Crippen molar-refractivity contribution in [1.29, 1.82) is 0 Å². The standard InChI is InChI=1S/C10H15F3N2O2/c11-10(12,13)7-15-2-1-8(9(15)16)14-3-5-17-6-4-14/h8H,1-7H2/t8-/m1/s1. The van der Waals surface area contributed by atoms with Gasteiger partial charge in [0.2, 0.25) is 5.91 Å². The van der Waals surface area contributed by atoms with E-state index < -0.39 is 18.6 Å². The van der Waals surface area contributed by atoms with E-state index in [1.54, 1.807) is 0 Å². The second-order valence-corrected chi connectivity index (χ2v) is 4.33. The van der Waals surface area contributed by atoms with Crippen molar-refractivity contribution in [2.75, 3.05) is 39.4 Å². The summed E-state index contributed by atoms with van der Waals surface area (Å²) in [5, 5.41) is 0. The summed E-state index contributed by atoms with van der Waals surface area (Å²) in [5.74, 6) is -0.399. The van der Waals surface area contributed by atoms with Gasteiger partial charge in [0.15, 0.2) is 0 Å². The van der Waals surface area contributed by atoms with Crippen LogP contribution in [0.4, 0.5) is 13.2 Å². The first-order valence-corrected chi connectivity index (χ1v) is 5.65. The predicted molar refractivity (Wildman–Crippen MR) is 53.4 cm³/mol. The molecule has 2 saturated heterocycles. The molecule has 0 saturated carbocycles. The van der Waals surface area contributed by atoms with Gasteiger partial charge in [-0.15, -0.1) is 0 Å². The Labute approximate surface area is 97.3 Å². The Morgan fingerprint density at radius 2 is 1.88 bits per heavy atom. The zero-order chi connectivity index (χ0) is 12.5. The van der Waals surface area contributed by atoms with Gasteiger partial charge in [-0.3, -0.25) is 9.69 Å². The highest BCUT2D eigenvalue weighted by molar-refractivity contribution is 5.84. The normalized spacial score (nSPS) is 27.8. The summed E-state index contributed by atoms with van der Waals surface area (Å²) in [6.45, 7) is 1.39. The van der Waals surface area contributed by atoms with Crippen LogP contribution in [0.25, 0.3) is 0 Å². The number of rotatable bonds is 2. The molecule has 2 fully saturated rings. The average Bonchev–Trinajstić information content (AvgIpc) is 2.60. The summed E-state index contributed by atoms with van der Waals surface area (Å²) in [5.41, 5.74) is 0. The molecule has 0 aliphatic carbocycles. The lowest BCUT2D eigenvalue weighted by Gasteiger charge is -2.31. The third kappa shape index (κ3) is 3.10. The van der Waals surface area contributed by atoms with Crippen LogP contribution in [0.2, 0.25) is 0 Å². The van der Waals surface area contributed by atoms with Gasteiger partial charge in [-0.05, 0) is 6.42 Å². The molecule has 0 spiro atoms. The first-order chi connectivity index (χ1) is 7.97. The first kappa shape index (κ1) is 12.6. The second kappa shape index (κ2) is 4.81. The van der Waals surface area contributed by atoms with E-state index in [9.17, 15) is 18.0 Å². The van der Waals surface area contributed by atoms with Gasteiger partial charge >= 0.3 is 6.18 Å². The molecule has 1 amide bonds. The van der Waals surface area contributed by atoms with E-state index in [0.717, 1.165) is 4.90 Å². The summed E-state index contributed by atoms with van der Waals surface area (Å²) in [6, 6.07) is -0.388. The monoisotopic (exact) mass is 252 g/mol. The molecule has 2 heterocycles. The lowest BCUT2D eigenvalue weighted by atomic mass is 10.2. The molecular weight excluding hydrogens is 237 g/mol. The van der Waals surface area contributed by atoms with Crippen LogP contribution in [0.15, 0.2) is 0 Å². The molecule has 98 valence electrons. The van der Waals surface area contributed by atoms with Crippen LogP contribution in [-0.4, -0.2) is 67.3 Å². The fourth-order valence-electron chi connectivity index (χ4n) is 2.32. The number of likely N-dealkylation sites (tertiary alicyclic amines) is 1. The van der Waals surface area contributed by atoms with E-state index in [1.165, 1.54) is 0 Å². The number of hydrogen-bond acceptors (Lipinski definition) is 3.